The molecule has 0 aliphatic rings. The van der Waals surface area contributed by atoms with Crippen LogP contribution in [-0.4, -0.2) is 44.0 Å². The van der Waals surface area contributed by atoms with Gasteiger partial charge in [0.1, 0.15) is 0 Å². The average Bonchev–Trinajstić information content (AvgIpc) is 2.79. The van der Waals surface area contributed by atoms with E-state index in [9.17, 15) is 0 Å². The summed E-state index contributed by atoms with van der Waals surface area (Å²) in [6, 6.07) is 15.0. The van der Waals surface area contributed by atoms with Gasteiger partial charge in [-0.3, -0.25) is 0 Å². The van der Waals surface area contributed by atoms with Crippen molar-refractivity contribution >= 4 is 53.0 Å². The van der Waals surface area contributed by atoms with Crippen LogP contribution in [0.3, 0.4) is 0 Å². The van der Waals surface area contributed by atoms with E-state index in [4.69, 9.17) is 45.0 Å². The van der Waals surface area contributed by atoms with E-state index in [0.717, 1.165) is 11.1 Å². The highest BCUT2D eigenvalue weighted by atomic mass is 35.5. The molecule has 0 saturated carbocycles. The van der Waals surface area contributed by atoms with Crippen LogP contribution in [0, 0.1) is 0 Å². The van der Waals surface area contributed by atoms with Gasteiger partial charge in [0.25, 0.3) is 0 Å². The first kappa shape index (κ1) is 28.0. The van der Waals surface area contributed by atoms with E-state index in [-0.39, 0.29) is 0 Å². The SMILES string of the molecule is CCO[Si](/C=C/c1ccc(Cl)cc1)(OCC)O[Si](/C=C/c1ccc(Cl)cc1)(OCC)OCC. The fraction of sp³-hybridized carbons (Fsp3) is 0.333. The Morgan fingerprint density at radius 1 is 0.576 bits per heavy atom. The summed E-state index contributed by atoms with van der Waals surface area (Å²) in [5.41, 5.74) is 5.66. The quantitative estimate of drug-likeness (QED) is 0.252. The van der Waals surface area contributed by atoms with Crippen molar-refractivity contribution in [2.75, 3.05) is 26.4 Å². The number of benzene rings is 2. The van der Waals surface area contributed by atoms with Gasteiger partial charge in [-0.2, -0.15) is 0 Å². The number of hydrogen-bond acceptors (Lipinski definition) is 5. The molecule has 5 nitrogen and oxygen atoms in total. The summed E-state index contributed by atoms with van der Waals surface area (Å²) in [5.74, 6) is 0. The van der Waals surface area contributed by atoms with E-state index in [0.29, 0.717) is 36.5 Å². The number of hydrogen-bond donors (Lipinski definition) is 0. The topological polar surface area (TPSA) is 46.2 Å². The lowest BCUT2D eigenvalue weighted by Gasteiger charge is -2.34. The van der Waals surface area contributed by atoms with E-state index >= 15 is 0 Å². The van der Waals surface area contributed by atoms with Crippen molar-refractivity contribution in [1.82, 2.24) is 0 Å². The van der Waals surface area contributed by atoms with Crippen LogP contribution in [0.15, 0.2) is 59.9 Å². The molecule has 0 atom stereocenters. The maximum absolute atomic E-state index is 6.64. The van der Waals surface area contributed by atoms with Gasteiger partial charge in [-0.05, 0) is 74.5 Å². The summed E-state index contributed by atoms with van der Waals surface area (Å²) in [6.07, 6.45) is 3.85. The van der Waals surface area contributed by atoms with Crippen molar-refractivity contribution in [3.8, 4) is 0 Å². The summed E-state index contributed by atoms with van der Waals surface area (Å²) >= 11 is 12.0. The van der Waals surface area contributed by atoms with Crippen molar-refractivity contribution in [2.24, 2.45) is 0 Å². The first-order valence-electron chi connectivity index (χ1n) is 11.0. The zero-order valence-corrected chi connectivity index (χ0v) is 23.1. The molecule has 2 aromatic carbocycles. The van der Waals surface area contributed by atoms with E-state index < -0.39 is 17.6 Å². The fourth-order valence-electron chi connectivity index (χ4n) is 3.01. The average molecular weight is 528 g/mol. The highest BCUT2D eigenvalue weighted by molar-refractivity contribution is 6.80. The van der Waals surface area contributed by atoms with Crippen LogP contribution in [0.2, 0.25) is 10.0 Å². The molecule has 0 aliphatic heterocycles. The van der Waals surface area contributed by atoms with Crippen molar-refractivity contribution in [2.45, 2.75) is 27.7 Å². The third-order valence-electron chi connectivity index (χ3n) is 4.37. The van der Waals surface area contributed by atoms with Crippen molar-refractivity contribution in [1.29, 1.82) is 0 Å². The molecule has 0 saturated heterocycles. The third-order valence-corrected chi connectivity index (χ3v) is 11.1. The lowest BCUT2D eigenvalue weighted by Crippen LogP contribution is -2.57. The molecule has 0 aliphatic carbocycles. The van der Waals surface area contributed by atoms with Gasteiger partial charge >= 0.3 is 17.6 Å². The Bertz CT molecular complexity index is 803. The second kappa shape index (κ2) is 14.2. The summed E-state index contributed by atoms with van der Waals surface area (Å²) < 4.78 is 31.2. The smallest absolute Gasteiger partial charge is 0.371 e. The Morgan fingerprint density at radius 2 is 0.879 bits per heavy atom. The molecule has 9 heteroatoms. The summed E-state index contributed by atoms with van der Waals surface area (Å²) in [6.45, 7) is 9.31. The lowest BCUT2D eigenvalue weighted by atomic mass is 10.2. The van der Waals surface area contributed by atoms with Gasteiger partial charge in [0.05, 0.1) is 0 Å². The Balaban J connectivity index is 2.45. The molecule has 0 unspecified atom stereocenters. The van der Waals surface area contributed by atoms with Crippen LogP contribution in [-0.2, 0) is 21.8 Å². The number of halogens is 2. The second-order valence-corrected chi connectivity index (χ2v) is 12.7. The van der Waals surface area contributed by atoms with Gasteiger partial charge in [0.2, 0.25) is 0 Å². The zero-order valence-electron chi connectivity index (χ0n) is 19.6. The molecule has 0 spiro atoms. The Morgan fingerprint density at radius 3 is 1.15 bits per heavy atom. The molecule has 0 aromatic heterocycles. The minimum absolute atomic E-state index is 0.417. The van der Waals surface area contributed by atoms with Crippen LogP contribution in [0.5, 0.6) is 0 Å². The maximum atomic E-state index is 6.64. The molecule has 0 radical (unpaired) electrons. The van der Waals surface area contributed by atoms with Crippen LogP contribution in [0.1, 0.15) is 38.8 Å². The first-order chi connectivity index (χ1) is 15.9. The molecular formula is C24H32Cl2O5Si2. The second-order valence-electron chi connectivity index (χ2n) is 6.81. The monoisotopic (exact) mass is 526 g/mol. The third kappa shape index (κ3) is 9.12. The number of rotatable bonds is 14. The van der Waals surface area contributed by atoms with E-state index in [1.165, 1.54) is 0 Å². The van der Waals surface area contributed by atoms with Crippen LogP contribution in [0.4, 0.5) is 0 Å². The Hall–Kier alpha value is -1.27. The predicted octanol–water partition coefficient (Wildman–Crippen LogP) is 6.84. The highest BCUT2D eigenvalue weighted by Gasteiger charge is 2.51. The van der Waals surface area contributed by atoms with Crippen LogP contribution in [0.25, 0.3) is 12.2 Å². The van der Waals surface area contributed by atoms with E-state index in [2.05, 4.69) is 0 Å². The molecule has 0 amide bonds. The van der Waals surface area contributed by atoms with Gasteiger partial charge in [-0.15, -0.1) is 0 Å². The molecular weight excluding hydrogens is 495 g/mol. The normalized spacial score (nSPS) is 12.8. The molecule has 0 bridgehead atoms. The van der Waals surface area contributed by atoms with E-state index in [1.54, 1.807) is 0 Å². The van der Waals surface area contributed by atoms with Crippen LogP contribution < -0.4 is 0 Å². The standard InChI is InChI=1S/C24H32Cl2O5Si2/c1-5-27-32(28-6-2,19-17-21-9-13-23(25)14-10-21)31-33(29-7-3,30-8-4)20-18-22-11-15-24(26)16-12-22/h9-20H,5-8H2,1-4H3/b19-17+,20-18+. The molecule has 33 heavy (non-hydrogen) atoms. The molecule has 2 aromatic rings. The van der Waals surface area contributed by atoms with Crippen molar-refractivity contribution < 1.29 is 21.8 Å². The fourth-order valence-corrected chi connectivity index (χ4v) is 9.29. The molecule has 0 heterocycles. The van der Waals surface area contributed by atoms with Crippen LogP contribution >= 0.6 is 23.2 Å². The van der Waals surface area contributed by atoms with Gasteiger partial charge in [-0.25, -0.2) is 0 Å². The molecule has 0 N–H and O–H groups in total. The molecule has 2 rings (SSSR count). The molecule has 180 valence electrons. The Kier molecular flexibility index (Phi) is 12.0. The summed E-state index contributed by atoms with van der Waals surface area (Å²) in [4.78, 5) is 0. The minimum Gasteiger partial charge on any atom is -0.371 e. The van der Waals surface area contributed by atoms with Gasteiger partial charge in [-0.1, -0.05) is 59.6 Å². The van der Waals surface area contributed by atoms with Gasteiger partial charge in [0, 0.05) is 36.5 Å². The van der Waals surface area contributed by atoms with Crippen molar-refractivity contribution in [3.05, 3.63) is 81.1 Å². The maximum Gasteiger partial charge on any atom is 0.522 e. The summed E-state index contributed by atoms with van der Waals surface area (Å²) in [7, 11) is -6.65. The highest BCUT2D eigenvalue weighted by Crippen LogP contribution is 2.25. The first-order valence-corrected chi connectivity index (χ1v) is 15.4. The Labute approximate surface area is 209 Å². The predicted molar refractivity (Wildman–Crippen MR) is 140 cm³/mol. The van der Waals surface area contributed by atoms with Gasteiger partial charge < -0.3 is 21.8 Å². The zero-order chi connectivity index (χ0) is 24.2. The minimum atomic E-state index is -3.32. The van der Waals surface area contributed by atoms with Gasteiger partial charge in [0.15, 0.2) is 0 Å². The van der Waals surface area contributed by atoms with Crippen molar-refractivity contribution in [3.63, 3.8) is 0 Å². The summed E-state index contributed by atoms with van der Waals surface area (Å²) in [5, 5.41) is 1.35. The van der Waals surface area contributed by atoms with E-state index in [1.807, 2.05) is 99.8 Å². The molecule has 0 fully saturated rings. The lowest BCUT2D eigenvalue weighted by molar-refractivity contribution is 0.0657. The largest absolute Gasteiger partial charge is 0.522 e.